The van der Waals surface area contributed by atoms with Crippen molar-refractivity contribution in [2.45, 2.75) is 0 Å². The summed E-state index contributed by atoms with van der Waals surface area (Å²) in [5.74, 6) is 0.857. The summed E-state index contributed by atoms with van der Waals surface area (Å²) in [6.07, 6.45) is 1.88. The second kappa shape index (κ2) is 13.3. The van der Waals surface area contributed by atoms with E-state index in [4.69, 9.17) is 4.98 Å². The highest BCUT2D eigenvalue weighted by atomic mass is 15.2. The maximum atomic E-state index is 5.00. The van der Waals surface area contributed by atoms with Gasteiger partial charge in [-0.05, 0) is 91.7 Å². The normalized spacial score (nSPS) is 11.1. The van der Waals surface area contributed by atoms with Gasteiger partial charge in [0.15, 0.2) is 0 Å². The third-order valence-corrected chi connectivity index (χ3v) is 9.65. The highest BCUT2D eigenvalue weighted by Gasteiger charge is 2.24. The minimum atomic E-state index is 0.857. The Bertz CT molecular complexity index is 2500. The van der Waals surface area contributed by atoms with Crippen LogP contribution in [0.15, 0.2) is 206 Å². The van der Waals surface area contributed by atoms with Gasteiger partial charge in [-0.25, -0.2) is 4.98 Å². The van der Waals surface area contributed by atoms with Crippen LogP contribution in [0, 0.1) is 0 Å². The average molecular weight is 651 g/mol. The largest absolute Gasteiger partial charge is 0.294 e. The summed E-state index contributed by atoms with van der Waals surface area (Å²) >= 11 is 0. The van der Waals surface area contributed by atoms with Crippen molar-refractivity contribution in [3.05, 3.63) is 206 Å². The van der Waals surface area contributed by atoms with E-state index in [9.17, 15) is 0 Å². The first-order chi connectivity index (χ1) is 25.3. The Balaban J connectivity index is 1.35. The highest BCUT2D eigenvalue weighted by Crippen LogP contribution is 2.49. The number of hydrogen-bond donors (Lipinski definition) is 0. The van der Waals surface area contributed by atoms with Crippen molar-refractivity contribution < 1.29 is 0 Å². The Morgan fingerprint density at radius 2 is 0.745 bits per heavy atom. The molecule has 9 aromatic rings. The van der Waals surface area contributed by atoms with E-state index in [-0.39, 0.29) is 0 Å². The van der Waals surface area contributed by atoms with E-state index in [0.717, 1.165) is 39.1 Å². The van der Waals surface area contributed by atoms with Crippen molar-refractivity contribution in [1.29, 1.82) is 0 Å². The molecule has 2 nitrogen and oxygen atoms in total. The highest BCUT2D eigenvalue weighted by molar-refractivity contribution is 6.22. The van der Waals surface area contributed by atoms with Gasteiger partial charge in [0.2, 0.25) is 0 Å². The molecule has 240 valence electrons. The molecular formula is C49H34N2. The topological polar surface area (TPSA) is 16.1 Å². The maximum absolute atomic E-state index is 5.00. The Morgan fingerprint density at radius 3 is 1.27 bits per heavy atom. The van der Waals surface area contributed by atoms with Gasteiger partial charge in [-0.15, -0.1) is 0 Å². The van der Waals surface area contributed by atoms with Crippen LogP contribution in [0.1, 0.15) is 0 Å². The van der Waals surface area contributed by atoms with Crippen LogP contribution in [0.2, 0.25) is 0 Å². The average Bonchev–Trinajstić information content (AvgIpc) is 3.22. The number of nitrogens with zero attached hydrogens (tertiary/aromatic N) is 2. The molecule has 0 spiro atoms. The predicted octanol–water partition coefficient (Wildman–Crippen LogP) is 13.5. The molecule has 0 atom stereocenters. The fourth-order valence-electron chi connectivity index (χ4n) is 7.34. The fraction of sp³-hybridized carbons (Fsp3) is 0. The summed E-state index contributed by atoms with van der Waals surface area (Å²) in [5, 5.41) is 4.71. The van der Waals surface area contributed by atoms with Crippen LogP contribution in [0.3, 0.4) is 0 Å². The maximum Gasteiger partial charge on any atom is 0.137 e. The van der Waals surface area contributed by atoms with Gasteiger partial charge < -0.3 is 0 Å². The van der Waals surface area contributed by atoms with Crippen LogP contribution < -0.4 is 4.90 Å². The SMILES string of the molecule is c1ccc(-c2cccc(-c3c4ccccc4c(N(c4cc(-c5ccccc5)cc(-c5ccccc5)c4)c4ccccn4)c4ccccc34)c2)cc1. The second-order valence-electron chi connectivity index (χ2n) is 12.8. The quantitative estimate of drug-likeness (QED) is 0.160. The Morgan fingerprint density at radius 1 is 0.314 bits per heavy atom. The molecule has 0 aliphatic rings. The lowest BCUT2D eigenvalue weighted by Crippen LogP contribution is -2.13. The number of benzene rings is 8. The van der Waals surface area contributed by atoms with Gasteiger partial charge in [0.1, 0.15) is 5.82 Å². The van der Waals surface area contributed by atoms with Crippen LogP contribution in [0.5, 0.6) is 0 Å². The summed E-state index contributed by atoms with van der Waals surface area (Å²) in [5.41, 5.74) is 11.6. The van der Waals surface area contributed by atoms with E-state index in [2.05, 4.69) is 199 Å². The van der Waals surface area contributed by atoms with E-state index in [0.29, 0.717) is 0 Å². The summed E-state index contributed by atoms with van der Waals surface area (Å²) in [6, 6.07) is 71.6. The number of aromatic nitrogens is 1. The lowest BCUT2D eigenvalue weighted by atomic mass is 9.88. The lowest BCUT2D eigenvalue weighted by molar-refractivity contribution is 1.19. The first-order valence-corrected chi connectivity index (χ1v) is 17.4. The monoisotopic (exact) mass is 650 g/mol. The first-order valence-electron chi connectivity index (χ1n) is 17.4. The number of rotatable bonds is 7. The van der Waals surface area contributed by atoms with Crippen molar-refractivity contribution in [2.24, 2.45) is 0 Å². The first kappa shape index (κ1) is 30.3. The van der Waals surface area contributed by atoms with E-state index < -0.39 is 0 Å². The summed E-state index contributed by atoms with van der Waals surface area (Å²) in [4.78, 5) is 7.36. The summed E-state index contributed by atoms with van der Waals surface area (Å²) in [7, 11) is 0. The van der Waals surface area contributed by atoms with E-state index >= 15 is 0 Å². The molecule has 0 amide bonds. The van der Waals surface area contributed by atoms with Crippen LogP contribution in [0.4, 0.5) is 17.2 Å². The zero-order valence-electron chi connectivity index (χ0n) is 28.0. The molecule has 0 aliphatic carbocycles. The van der Waals surface area contributed by atoms with Crippen molar-refractivity contribution in [3.63, 3.8) is 0 Å². The van der Waals surface area contributed by atoms with Gasteiger partial charge in [-0.2, -0.15) is 0 Å². The van der Waals surface area contributed by atoms with Gasteiger partial charge in [0.05, 0.1) is 5.69 Å². The molecule has 1 aromatic heterocycles. The molecule has 2 heteroatoms. The molecule has 0 saturated carbocycles. The van der Waals surface area contributed by atoms with Crippen LogP contribution in [0.25, 0.3) is 66.1 Å². The number of anilines is 3. The Labute approximate surface area is 298 Å². The van der Waals surface area contributed by atoms with Gasteiger partial charge in [0, 0.05) is 22.7 Å². The van der Waals surface area contributed by atoms with Crippen molar-refractivity contribution >= 4 is 38.7 Å². The zero-order valence-corrected chi connectivity index (χ0v) is 28.0. The molecule has 1 heterocycles. The van der Waals surface area contributed by atoms with Gasteiger partial charge in [-0.1, -0.05) is 164 Å². The Hall–Kier alpha value is -6.77. The molecule has 0 N–H and O–H groups in total. The molecule has 0 unspecified atom stereocenters. The van der Waals surface area contributed by atoms with E-state index in [1.54, 1.807) is 0 Å². The zero-order chi connectivity index (χ0) is 34.0. The predicted molar refractivity (Wildman–Crippen MR) is 216 cm³/mol. The molecule has 9 rings (SSSR count). The molecule has 0 radical (unpaired) electrons. The van der Waals surface area contributed by atoms with E-state index in [1.807, 2.05) is 12.3 Å². The molecular weight excluding hydrogens is 617 g/mol. The number of hydrogen-bond acceptors (Lipinski definition) is 2. The lowest BCUT2D eigenvalue weighted by Gasteiger charge is -2.29. The van der Waals surface area contributed by atoms with Gasteiger partial charge >= 0.3 is 0 Å². The van der Waals surface area contributed by atoms with Crippen LogP contribution in [-0.2, 0) is 0 Å². The number of fused-ring (bicyclic) bond motifs is 2. The molecule has 0 fully saturated rings. The summed E-state index contributed by atoms with van der Waals surface area (Å²) < 4.78 is 0. The second-order valence-corrected chi connectivity index (χ2v) is 12.8. The molecule has 0 bridgehead atoms. The fourth-order valence-corrected chi connectivity index (χ4v) is 7.34. The van der Waals surface area contributed by atoms with Crippen molar-refractivity contribution in [3.8, 4) is 44.5 Å². The van der Waals surface area contributed by atoms with E-state index in [1.165, 1.54) is 44.2 Å². The standard InChI is InChI=1S/C49H34N2/c1-4-17-35(18-5-1)38-23-16-24-39(31-38)48-43-25-10-12-27-45(43)49(46-28-13-11-26-44(46)48)51(47-29-14-15-30-50-47)42-33-40(36-19-6-2-7-20-36)32-41(34-42)37-21-8-3-9-22-37/h1-34H. The Kier molecular flexibility index (Phi) is 7.88. The smallest absolute Gasteiger partial charge is 0.137 e. The van der Waals surface area contributed by atoms with Crippen molar-refractivity contribution in [1.82, 2.24) is 4.98 Å². The molecule has 0 saturated heterocycles. The molecule has 51 heavy (non-hydrogen) atoms. The molecule has 8 aromatic carbocycles. The summed E-state index contributed by atoms with van der Waals surface area (Å²) in [6.45, 7) is 0. The van der Waals surface area contributed by atoms with Gasteiger partial charge in [-0.3, -0.25) is 4.90 Å². The third-order valence-electron chi connectivity index (χ3n) is 9.65. The van der Waals surface area contributed by atoms with Gasteiger partial charge in [0.25, 0.3) is 0 Å². The van der Waals surface area contributed by atoms with Crippen LogP contribution >= 0.6 is 0 Å². The number of pyridine rings is 1. The molecule has 0 aliphatic heterocycles. The minimum Gasteiger partial charge on any atom is -0.294 e. The van der Waals surface area contributed by atoms with Crippen molar-refractivity contribution in [2.75, 3.05) is 4.90 Å². The van der Waals surface area contributed by atoms with Crippen LogP contribution in [-0.4, -0.2) is 4.98 Å². The third kappa shape index (κ3) is 5.73. The minimum absolute atomic E-state index is 0.857.